The van der Waals surface area contributed by atoms with E-state index < -0.39 is 0 Å². The molecule has 0 unspecified atom stereocenters. The number of carbonyl (C=O) groups excluding carboxylic acids is 2. The van der Waals surface area contributed by atoms with Crippen molar-refractivity contribution < 1.29 is 14.1 Å². The third-order valence-electron chi connectivity index (χ3n) is 7.08. The van der Waals surface area contributed by atoms with Gasteiger partial charge in [0.2, 0.25) is 11.8 Å². The van der Waals surface area contributed by atoms with Crippen molar-refractivity contribution in [2.45, 2.75) is 39.0 Å². The Morgan fingerprint density at radius 3 is 2.44 bits per heavy atom. The number of aryl methyl sites for hydroxylation is 1. The summed E-state index contributed by atoms with van der Waals surface area (Å²) in [7, 11) is 0. The zero-order valence-electron chi connectivity index (χ0n) is 14.6. The van der Waals surface area contributed by atoms with E-state index in [0.717, 1.165) is 24.7 Å². The molecule has 2 bridgehead atoms. The second-order valence-electron chi connectivity index (χ2n) is 8.43. The molecule has 0 aromatic carbocycles. The molecule has 2 heterocycles. The summed E-state index contributed by atoms with van der Waals surface area (Å²) in [6.07, 6.45) is 5.55. The molecule has 3 saturated carbocycles. The molecule has 5 rings (SSSR count). The number of carbonyl (C=O) groups is 2. The van der Waals surface area contributed by atoms with E-state index in [9.17, 15) is 9.59 Å². The second kappa shape index (κ2) is 5.58. The molecule has 6 heteroatoms. The normalized spacial score (nSPS) is 36.4. The summed E-state index contributed by atoms with van der Waals surface area (Å²) in [5.74, 6) is 4.84. The minimum atomic E-state index is -0.0454. The molecule has 1 aliphatic heterocycles. The first-order valence-electron chi connectivity index (χ1n) is 9.65. The Labute approximate surface area is 147 Å². The first-order valence-corrected chi connectivity index (χ1v) is 9.65. The molecule has 25 heavy (non-hydrogen) atoms. The van der Waals surface area contributed by atoms with Gasteiger partial charge in [-0.05, 0) is 62.7 Å². The minimum absolute atomic E-state index is 0.0123. The fourth-order valence-corrected chi connectivity index (χ4v) is 5.88. The molecule has 1 aromatic rings. The van der Waals surface area contributed by atoms with Crippen molar-refractivity contribution in [1.29, 1.82) is 0 Å². The van der Waals surface area contributed by atoms with Gasteiger partial charge in [-0.25, -0.2) is 0 Å². The van der Waals surface area contributed by atoms with Crippen molar-refractivity contribution in [3.63, 3.8) is 0 Å². The van der Waals surface area contributed by atoms with E-state index in [2.05, 4.69) is 10.5 Å². The highest BCUT2D eigenvalue weighted by Crippen LogP contribution is 2.69. The van der Waals surface area contributed by atoms with Crippen LogP contribution in [0.25, 0.3) is 0 Å². The fourth-order valence-electron chi connectivity index (χ4n) is 5.88. The summed E-state index contributed by atoms with van der Waals surface area (Å²) in [5.41, 5.74) is 0. The van der Waals surface area contributed by atoms with Gasteiger partial charge in [-0.2, -0.15) is 0 Å². The summed E-state index contributed by atoms with van der Waals surface area (Å²) >= 11 is 0. The highest BCUT2D eigenvalue weighted by Gasteiger charge is 2.68. The van der Waals surface area contributed by atoms with E-state index in [-0.39, 0.29) is 11.8 Å². The number of nitrogens with one attached hydrogen (secondary N) is 1. The van der Waals surface area contributed by atoms with Crippen LogP contribution in [0.5, 0.6) is 0 Å². The van der Waals surface area contributed by atoms with Crippen LogP contribution >= 0.6 is 0 Å². The number of aromatic nitrogens is 1. The Bertz CT molecular complexity index is 691. The number of fused-ring (bicyclic) bond motifs is 5. The summed E-state index contributed by atoms with van der Waals surface area (Å²) in [4.78, 5) is 27.2. The maximum atomic E-state index is 12.9. The topological polar surface area (TPSA) is 75.4 Å². The Kier molecular flexibility index (Phi) is 3.44. The van der Waals surface area contributed by atoms with Gasteiger partial charge in [-0.3, -0.25) is 9.59 Å². The van der Waals surface area contributed by atoms with Crippen molar-refractivity contribution in [2.24, 2.45) is 35.5 Å². The molecule has 1 aromatic heterocycles. The van der Waals surface area contributed by atoms with Crippen molar-refractivity contribution in [2.75, 3.05) is 18.4 Å². The maximum absolute atomic E-state index is 12.9. The molecular formula is C19H25N3O3. The smallest absolute Gasteiger partial charge is 0.228 e. The van der Waals surface area contributed by atoms with Gasteiger partial charge in [0.25, 0.3) is 0 Å². The lowest BCUT2D eigenvalue weighted by Gasteiger charge is -2.32. The van der Waals surface area contributed by atoms with Gasteiger partial charge in [-0.15, -0.1) is 0 Å². The summed E-state index contributed by atoms with van der Waals surface area (Å²) < 4.78 is 4.98. The first kappa shape index (κ1) is 15.4. The maximum Gasteiger partial charge on any atom is 0.228 e. The number of rotatable bonds is 3. The SMILES string of the molecule is Cc1cc(NC(=O)C2CCN(C(=O)C3[C@@H]4[C@H]5CC[C@@H](C5)[C@@H]34)CC2)no1. The summed E-state index contributed by atoms with van der Waals surface area (Å²) in [5, 5.41) is 6.62. The average molecular weight is 343 g/mol. The molecule has 134 valence electrons. The van der Waals surface area contributed by atoms with E-state index in [1.165, 1.54) is 19.3 Å². The molecule has 4 fully saturated rings. The highest BCUT2D eigenvalue weighted by molar-refractivity contribution is 5.92. The highest BCUT2D eigenvalue weighted by atomic mass is 16.5. The molecule has 2 amide bonds. The number of amides is 2. The predicted octanol–water partition coefficient (Wildman–Crippen LogP) is 2.45. The largest absolute Gasteiger partial charge is 0.360 e. The Morgan fingerprint density at radius 2 is 1.84 bits per heavy atom. The molecule has 6 nitrogen and oxygen atoms in total. The van der Waals surface area contributed by atoms with Gasteiger partial charge >= 0.3 is 0 Å². The number of hydrogen-bond donors (Lipinski definition) is 1. The minimum Gasteiger partial charge on any atom is -0.360 e. The number of anilines is 1. The van der Waals surface area contributed by atoms with Crippen LogP contribution in [-0.4, -0.2) is 35.0 Å². The van der Waals surface area contributed by atoms with Crippen LogP contribution in [0.15, 0.2) is 10.6 Å². The van der Waals surface area contributed by atoms with Crippen LogP contribution in [0, 0.1) is 42.4 Å². The molecule has 4 aliphatic rings. The molecule has 1 N–H and O–H groups in total. The lowest BCUT2D eigenvalue weighted by atomic mass is 9.94. The van der Waals surface area contributed by atoms with Gasteiger partial charge in [0.15, 0.2) is 5.82 Å². The Morgan fingerprint density at radius 1 is 1.16 bits per heavy atom. The monoisotopic (exact) mass is 343 g/mol. The lowest BCUT2D eigenvalue weighted by Crippen LogP contribution is -2.42. The molecule has 1 saturated heterocycles. The first-order chi connectivity index (χ1) is 12.1. The van der Waals surface area contributed by atoms with Crippen LogP contribution < -0.4 is 5.32 Å². The standard InChI is InChI=1S/C19H25N3O3/c1-10-8-14(21-25-10)20-18(23)11-4-6-22(7-5-11)19(24)17-15-12-2-3-13(9-12)16(15)17/h8,11-13,15-17H,2-7,9H2,1H3,(H,20,21,23)/t12-,13-,15+,16+/m0/s1. The number of piperidine rings is 1. The zero-order chi connectivity index (χ0) is 17.1. The van der Waals surface area contributed by atoms with Gasteiger partial charge in [-0.1, -0.05) is 5.16 Å². The molecular weight excluding hydrogens is 318 g/mol. The van der Waals surface area contributed by atoms with E-state index in [1.807, 2.05) is 4.90 Å². The average Bonchev–Trinajstić information content (AvgIpc) is 2.90. The predicted molar refractivity (Wildman–Crippen MR) is 90.5 cm³/mol. The number of likely N-dealkylation sites (tertiary alicyclic amines) is 1. The van der Waals surface area contributed by atoms with Crippen molar-refractivity contribution in [1.82, 2.24) is 10.1 Å². The van der Waals surface area contributed by atoms with E-state index >= 15 is 0 Å². The van der Waals surface area contributed by atoms with Gasteiger partial charge in [0, 0.05) is 31.0 Å². The molecule has 0 spiro atoms. The van der Waals surface area contributed by atoms with Crippen molar-refractivity contribution in [3.05, 3.63) is 11.8 Å². The molecule has 3 aliphatic carbocycles. The van der Waals surface area contributed by atoms with Gasteiger partial charge in [0.05, 0.1) is 0 Å². The molecule has 0 radical (unpaired) electrons. The number of hydrogen-bond acceptors (Lipinski definition) is 4. The van der Waals surface area contributed by atoms with E-state index in [1.54, 1.807) is 13.0 Å². The van der Waals surface area contributed by atoms with Crippen LogP contribution in [0.3, 0.4) is 0 Å². The van der Waals surface area contributed by atoms with Crippen LogP contribution in [0.1, 0.15) is 37.9 Å². The van der Waals surface area contributed by atoms with Gasteiger partial charge < -0.3 is 14.7 Å². The van der Waals surface area contributed by atoms with Crippen molar-refractivity contribution >= 4 is 17.6 Å². The zero-order valence-corrected chi connectivity index (χ0v) is 14.6. The second-order valence-corrected chi connectivity index (χ2v) is 8.43. The lowest BCUT2D eigenvalue weighted by molar-refractivity contribution is -0.136. The fraction of sp³-hybridized carbons (Fsp3) is 0.737. The van der Waals surface area contributed by atoms with E-state index in [0.29, 0.717) is 48.3 Å². The summed E-state index contributed by atoms with van der Waals surface area (Å²) in [6.45, 7) is 3.21. The number of nitrogens with zero attached hydrogens (tertiary/aromatic N) is 2. The third-order valence-corrected chi connectivity index (χ3v) is 7.08. The van der Waals surface area contributed by atoms with E-state index in [4.69, 9.17) is 4.52 Å². The Hall–Kier alpha value is -1.85. The van der Waals surface area contributed by atoms with Crippen molar-refractivity contribution in [3.8, 4) is 0 Å². The van der Waals surface area contributed by atoms with Gasteiger partial charge in [0.1, 0.15) is 5.76 Å². The molecule has 4 atom stereocenters. The Balaban J connectivity index is 1.14. The quantitative estimate of drug-likeness (QED) is 0.915. The third kappa shape index (κ3) is 2.49. The van der Waals surface area contributed by atoms with Crippen LogP contribution in [0.2, 0.25) is 0 Å². The van der Waals surface area contributed by atoms with Crippen LogP contribution in [-0.2, 0) is 9.59 Å². The summed E-state index contributed by atoms with van der Waals surface area (Å²) in [6, 6.07) is 1.72. The van der Waals surface area contributed by atoms with Crippen LogP contribution in [0.4, 0.5) is 5.82 Å².